The van der Waals surface area contributed by atoms with Gasteiger partial charge in [0.15, 0.2) is 5.82 Å². The van der Waals surface area contributed by atoms with Gasteiger partial charge in [-0.25, -0.2) is 4.68 Å². The second-order valence-electron chi connectivity index (χ2n) is 4.55. The molecular formula is C14H19ClN4O. The molecule has 1 aromatic heterocycles. The Morgan fingerprint density at radius 2 is 2.20 bits per heavy atom. The molecule has 0 bridgehead atoms. The molecule has 108 valence electrons. The lowest BCUT2D eigenvalue weighted by atomic mass is 10.3. The molecule has 1 heterocycles. The maximum Gasteiger partial charge on any atom is 0.152 e. The van der Waals surface area contributed by atoms with Gasteiger partial charge in [-0.2, -0.15) is 5.10 Å². The lowest BCUT2D eigenvalue weighted by Crippen LogP contribution is -2.05. The Morgan fingerprint density at radius 1 is 1.45 bits per heavy atom. The number of ether oxygens (including phenoxy) is 1. The van der Waals surface area contributed by atoms with E-state index in [1.165, 1.54) is 0 Å². The van der Waals surface area contributed by atoms with Crippen molar-refractivity contribution in [1.29, 1.82) is 0 Å². The molecule has 0 aliphatic carbocycles. The maximum absolute atomic E-state index is 6.12. The van der Waals surface area contributed by atoms with Gasteiger partial charge in [0.2, 0.25) is 0 Å². The summed E-state index contributed by atoms with van der Waals surface area (Å²) in [5.74, 6) is 1.44. The predicted octanol–water partition coefficient (Wildman–Crippen LogP) is 3.59. The monoisotopic (exact) mass is 294 g/mol. The zero-order valence-electron chi connectivity index (χ0n) is 11.9. The second kappa shape index (κ2) is 6.05. The summed E-state index contributed by atoms with van der Waals surface area (Å²) in [5, 5.41) is 8.25. The summed E-state index contributed by atoms with van der Waals surface area (Å²) >= 11 is 6.12. The van der Waals surface area contributed by atoms with E-state index in [2.05, 4.69) is 17.3 Å². The smallest absolute Gasteiger partial charge is 0.152 e. The number of benzene rings is 1. The summed E-state index contributed by atoms with van der Waals surface area (Å²) in [6.45, 7) is 4.80. The first-order chi connectivity index (χ1) is 9.56. The van der Waals surface area contributed by atoms with Gasteiger partial charge in [0.25, 0.3) is 0 Å². The van der Waals surface area contributed by atoms with Crippen LogP contribution >= 0.6 is 11.6 Å². The highest BCUT2D eigenvalue weighted by atomic mass is 35.5. The quantitative estimate of drug-likeness (QED) is 0.884. The Bertz CT molecular complexity index is 609. The summed E-state index contributed by atoms with van der Waals surface area (Å²) in [6.07, 6.45) is 0.985. The minimum absolute atomic E-state index is 0.550. The van der Waals surface area contributed by atoms with E-state index in [-0.39, 0.29) is 0 Å². The zero-order chi connectivity index (χ0) is 14.7. The van der Waals surface area contributed by atoms with Crippen molar-refractivity contribution < 1.29 is 4.74 Å². The van der Waals surface area contributed by atoms with Crippen molar-refractivity contribution in [2.75, 3.05) is 18.2 Å². The number of nitrogen functional groups attached to an aromatic ring is 1. The average molecular weight is 295 g/mol. The number of hydrogen-bond acceptors (Lipinski definition) is 4. The molecule has 0 saturated carbocycles. The molecule has 0 saturated heterocycles. The largest absolute Gasteiger partial charge is 0.495 e. The number of nitrogens with one attached hydrogen (secondary N) is 1. The average Bonchev–Trinajstić information content (AvgIpc) is 2.67. The lowest BCUT2D eigenvalue weighted by Gasteiger charge is -2.11. The first-order valence-corrected chi connectivity index (χ1v) is 6.88. The summed E-state index contributed by atoms with van der Waals surface area (Å²) in [4.78, 5) is 0. The van der Waals surface area contributed by atoms with Crippen LogP contribution in [0.5, 0.6) is 5.75 Å². The second-order valence-corrected chi connectivity index (χ2v) is 4.95. The van der Waals surface area contributed by atoms with Crippen molar-refractivity contribution in [2.24, 2.45) is 0 Å². The van der Waals surface area contributed by atoms with Crippen LogP contribution in [0.15, 0.2) is 18.2 Å². The first-order valence-electron chi connectivity index (χ1n) is 6.50. The number of anilines is 3. The van der Waals surface area contributed by atoms with Gasteiger partial charge in [-0.15, -0.1) is 0 Å². The van der Waals surface area contributed by atoms with E-state index in [1.807, 2.05) is 23.7 Å². The number of halogens is 1. The van der Waals surface area contributed by atoms with Gasteiger partial charge in [-0.3, -0.25) is 0 Å². The molecule has 0 spiro atoms. The molecule has 6 heteroatoms. The molecule has 5 nitrogen and oxygen atoms in total. The molecule has 20 heavy (non-hydrogen) atoms. The number of hydrogen-bond donors (Lipinski definition) is 2. The number of methoxy groups -OCH3 is 1. The highest BCUT2D eigenvalue weighted by Crippen LogP contribution is 2.31. The van der Waals surface area contributed by atoms with Crippen molar-refractivity contribution in [3.63, 3.8) is 0 Å². The van der Waals surface area contributed by atoms with E-state index in [0.717, 1.165) is 30.2 Å². The van der Waals surface area contributed by atoms with E-state index in [4.69, 9.17) is 22.1 Å². The highest BCUT2D eigenvalue weighted by Gasteiger charge is 2.12. The van der Waals surface area contributed by atoms with Crippen LogP contribution in [-0.2, 0) is 6.54 Å². The molecule has 1 aromatic carbocycles. The van der Waals surface area contributed by atoms with E-state index >= 15 is 0 Å². The topological polar surface area (TPSA) is 65.1 Å². The fourth-order valence-electron chi connectivity index (χ4n) is 1.98. The van der Waals surface area contributed by atoms with Crippen LogP contribution in [0.1, 0.15) is 19.0 Å². The molecule has 0 unspecified atom stereocenters. The normalized spacial score (nSPS) is 10.6. The fourth-order valence-corrected chi connectivity index (χ4v) is 2.24. The predicted molar refractivity (Wildman–Crippen MR) is 83.0 cm³/mol. The molecule has 0 fully saturated rings. The molecule has 0 atom stereocenters. The Morgan fingerprint density at radius 3 is 2.80 bits per heavy atom. The maximum atomic E-state index is 6.12. The third-order valence-corrected chi connectivity index (χ3v) is 3.32. The Balaban J connectivity index is 2.32. The minimum atomic E-state index is 0.550. The van der Waals surface area contributed by atoms with Crippen molar-refractivity contribution in [3.8, 4) is 5.75 Å². The summed E-state index contributed by atoms with van der Waals surface area (Å²) in [6, 6.07) is 5.51. The first kappa shape index (κ1) is 14.5. The third kappa shape index (κ3) is 2.82. The molecule has 2 rings (SSSR count). The number of nitrogens with two attached hydrogens (primary N) is 1. The highest BCUT2D eigenvalue weighted by molar-refractivity contribution is 6.32. The molecule has 0 aliphatic rings. The van der Waals surface area contributed by atoms with E-state index in [9.17, 15) is 0 Å². The molecule has 3 N–H and O–H groups in total. The van der Waals surface area contributed by atoms with Crippen molar-refractivity contribution >= 4 is 28.8 Å². The van der Waals surface area contributed by atoms with Gasteiger partial charge >= 0.3 is 0 Å². The van der Waals surface area contributed by atoms with Crippen LogP contribution < -0.4 is 15.8 Å². The summed E-state index contributed by atoms with van der Waals surface area (Å²) < 4.78 is 7.02. The zero-order valence-corrected chi connectivity index (χ0v) is 12.7. The SMILES string of the molecule is CCCn1nc(C)c(N)c1Nc1ccc(OC)c(Cl)c1. The lowest BCUT2D eigenvalue weighted by molar-refractivity contribution is 0.415. The van der Waals surface area contributed by atoms with Crippen LogP contribution in [0.4, 0.5) is 17.2 Å². The van der Waals surface area contributed by atoms with E-state index in [1.54, 1.807) is 13.2 Å². The van der Waals surface area contributed by atoms with Crippen LogP contribution in [-0.4, -0.2) is 16.9 Å². The summed E-state index contributed by atoms with van der Waals surface area (Å²) in [7, 11) is 1.59. The minimum Gasteiger partial charge on any atom is -0.495 e. The summed E-state index contributed by atoms with van der Waals surface area (Å²) in [5.41, 5.74) is 8.40. The molecule has 0 aliphatic heterocycles. The van der Waals surface area contributed by atoms with Gasteiger partial charge < -0.3 is 15.8 Å². The van der Waals surface area contributed by atoms with E-state index in [0.29, 0.717) is 16.5 Å². The van der Waals surface area contributed by atoms with Crippen LogP contribution in [0.3, 0.4) is 0 Å². The standard InChI is InChI=1S/C14H19ClN4O/c1-4-7-19-14(13(16)9(2)18-19)17-10-5-6-12(20-3)11(15)8-10/h5-6,8,17H,4,7,16H2,1-3H3. The number of aromatic nitrogens is 2. The van der Waals surface area contributed by atoms with Crippen molar-refractivity contribution in [2.45, 2.75) is 26.8 Å². The number of rotatable bonds is 5. The molecule has 2 aromatic rings. The van der Waals surface area contributed by atoms with Gasteiger partial charge in [-0.05, 0) is 31.5 Å². The fraction of sp³-hybridized carbons (Fsp3) is 0.357. The molecule has 0 radical (unpaired) electrons. The van der Waals surface area contributed by atoms with E-state index < -0.39 is 0 Å². The Kier molecular flexibility index (Phi) is 4.39. The van der Waals surface area contributed by atoms with Gasteiger partial charge in [0.05, 0.1) is 23.5 Å². The van der Waals surface area contributed by atoms with Gasteiger partial charge in [-0.1, -0.05) is 18.5 Å². The van der Waals surface area contributed by atoms with Crippen molar-refractivity contribution in [3.05, 3.63) is 28.9 Å². The molecular weight excluding hydrogens is 276 g/mol. The van der Waals surface area contributed by atoms with Crippen molar-refractivity contribution in [1.82, 2.24) is 9.78 Å². The van der Waals surface area contributed by atoms with Gasteiger partial charge in [0, 0.05) is 12.2 Å². The van der Waals surface area contributed by atoms with Crippen LogP contribution in [0.2, 0.25) is 5.02 Å². The number of nitrogens with zero attached hydrogens (tertiary/aromatic N) is 2. The third-order valence-electron chi connectivity index (χ3n) is 3.02. The van der Waals surface area contributed by atoms with Gasteiger partial charge in [0.1, 0.15) is 5.75 Å². The Hall–Kier alpha value is -1.88. The Labute approximate surface area is 123 Å². The van der Waals surface area contributed by atoms with Crippen LogP contribution in [0.25, 0.3) is 0 Å². The molecule has 0 amide bonds. The number of aryl methyl sites for hydroxylation is 2. The van der Waals surface area contributed by atoms with Crippen LogP contribution in [0, 0.1) is 6.92 Å².